The van der Waals surface area contributed by atoms with Crippen molar-refractivity contribution in [2.24, 2.45) is 5.92 Å². The van der Waals surface area contributed by atoms with E-state index < -0.39 is 8.32 Å². The van der Waals surface area contributed by atoms with Gasteiger partial charge in [0.2, 0.25) is 0 Å². The van der Waals surface area contributed by atoms with E-state index in [2.05, 4.69) is 69.5 Å². The van der Waals surface area contributed by atoms with E-state index in [1.165, 1.54) is 11.1 Å². The van der Waals surface area contributed by atoms with Gasteiger partial charge in [-0.2, -0.15) is 0 Å². The Bertz CT molecular complexity index is 516. The Kier molecular flexibility index (Phi) is 5.29. The number of rotatable bonds is 3. The van der Waals surface area contributed by atoms with Gasteiger partial charge in [0.25, 0.3) is 0 Å². The molecule has 0 aromatic rings. The molecule has 3 atom stereocenters. The molecular weight excluding hydrogens is 407 g/mol. The fourth-order valence-corrected chi connectivity index (χ4v) is 4.88. The average molecular weight is 434 g/mol. The molecule has 2 rings (SSSR count). The van der Waals surface area contributed by atoms with E-state index >= 15 is 0 Å². The van der Waals surface area contributed by atoms with E-state index in [4.69, 9.17) is 9.16 Å². The highest BCUT2D eigenvalue weighted by Gasteiger charge is 2.43. The zero-order chi connectivity index (χ0) is 16.7. The second-order valence-corrected chi connectivity index (χ2v) is 13.4. The second-order valence-electron chi connectivity index (χ2n) is 7.87. The van der Waals surface area contributed by atoms with Gasteiger partial charge in [-0.1, -0.05) is 43.4 Å². The molecule has 0 spiro atoms. The van der Waals surface area contributed by atoms with Crippen LogP contribution in [0.25, 0.3) is 0 Å². The zero-order valence-electron chi connectivity index (χ0n) is 14.4. The van der Waals surface area contributed by atoms with E-state index in [1.807, 2.05) is 0 Å². The lowest BCUT2D eigenvalue weighted by Crippen LogP contribution is -2.47. The van der Waals surface area contributed by atoms with Crippen LogP contribution in [-0.4, -0.2) is 30.9 Å². The number of hydrogen-bond acceptors (Lipinski definition) is 3. The number of ether oxygens (including phenoxy) is 1. The molecule has 0 saturated heterocycles. The van der Waals surface area contributed by atoms with Crippen LogP contribution in [0.15, 0.2) is 23.3 Å². The minimum Gasteiger partial charge on any atom is -0.454 e. The first-order valence-electron chi connectivity index (χ1n) is 7.88. The third-order valence-corrected chi connectivity index (χ3v) is 10.6. The van der Waals surface area contributed by atoms with E-state index in [0.717, 1.165) is 10.8 Å². The van der Waals surface area contributed by atoms with Gasteiger partial charge in [-0.15, -0.1) is 0 Å². The van der Waals surface area contributed by atoms with Gasteiger partial charge in [-0.05, 0) is 48.7 Å². The Morgan fingerprint density at radius 3 is 2.59 bits per heavy atom. The van der Waals surface area contributed by atoms with Crippen LogP contribution in [0, 0.1) is 5.92 Å². The van der Waals surface area contributed by atoms with Crippen LogP contribution in [0.3, 0.4) is 0 Å². The van der Waals surface area contributed by atoms with Gasteiger partial charge >= 0.3 is 5.97 Å². The molecule has 0 aromatic heterocycles. The first-order valence-corrected chi connectivity index (χ1v) is 12.3. The molecule has 1 heterocycles. The average Bonchev–Trinajstić information content (AvgIpc) is 2.37. The Balaban J connectivity index is 2.22. The number of hydrogen-bond donors (Lipinski definition) is 0. The number of fused-ring (bicyclic) bond motifs is 1. The third-order valence-electron chi connectivity index (χ3n) is 5.23. The van der Waals surface area contributed by atoms with E-state index in [1.54, 1.807) is 6.08 Å². The Morgan fingerprint density at radius 2 is 2.05 bits per heavy atom. The Morgan fingerprint density at radius 1 is 1.41 bits per heavy atom. The van der Waals surface area contributed by atoms with Crippen LogP contribution in [0.2, 0.25) is 18.1 Å². The molecule has 0 unspecified atom stereocenters. The van der Waals surface area contributed by atoms with Crippen LogP contribution in [0.1, 0.15) is 34.1 Å². The van der Waals surface area contributed by atoms with Crippen LogP contribution in [-0.2, 0) is 14.0 Å². The molecule has 2 aliphatic rings. The van der Waals surface area contributed by atoms with Crippen molar-refractivity contribution in [3.63, 3.8) is 0 Å². The summed E-state index contributed by atoms with van der Waals surface area (Å²) in [5.74, 6) is 0.0637. The summed E-state index contributed by atoms with van der Waals surface area (Å²) in [6, 6.07) is 0. The lowest BCUT2D eigenvalue weighted by atomic mass is 9.80. The molecule has 0 radical (unpaired) electrons. The number of esters is 1. The monoisotopic (exact) mass is 434 g/mol. The Labute approximate surface area is 148 Å². The normalized spacial score (nSPS) is 29.4. The van der Waals surface area contributed by atoms with Crippen LogP contribution in [0.5, 0.6) is 0 Å². The topological polar surface area (TPSA) is 35.5 Å². The van der Waals surface area contributed by atoms with Crippen molar-refractivity contribution in [3.05, 3.63) is 23.3 Å². The number of alkyl halides is 1. The van der Waals surface area contributed by atoms with Gasteiger partial charge < -0.3 is 9.16 Å². The van der Waals surface area contributed by atoms with E-state index in [-0.39, 0.29) is 29.1 Å². The summed E-state index contributed by atoms with van der Waals surface area (Å²) < 4.78 is 13.0. The quantitative estimate of drug-likeness (QED) is 0.214. The molecule has 0 amide bonds. The van der Waals surface area contributed by atoms with Gasteiger partial charge in [0, 0.05) is 16.4 Å². The number of carbonyl (C=O) groups excluding carboxylic acids is 1. The molecule has 3 nitrogen and oxygen atoms in total. The molecule has 0 fully saturated rings. The third kappa shape index (κ3) is 3.67. The van der Waals surface area contributed by atoms with Crippen molar-refractivity contribution >= 4 is 36.9 Å². The van der Waals surface area contributed by atoms with E-state index in [0.29, 0.717) is 0 Å². The van der Waals surface area contributed by atoms with Crippen molar-refractivity contribution < 1.29 is 14.0 Å². The summed E-state index contributed by atoms with van der Waals surface area (Å²) in [7, 11) is -1.81. The van der Waals surface area contributed by atoms with Crippen molar-refractivity contribution in [2.75, 3.05) is 4.43 Å². The van der Waals surface area contributed by atoms with Crippen molar-refractivity contribution in [2.45, 2.75) is 64.5 Å². The predicted molar refractivity (Wildman–Crippen MR) is 101 cm³/mol. The summed E-state index contributed by atoms with van der Waals surface area (Å²) >= 11 is 2.33. The molecule has 22 heavy (non-hydrogen) atoms. The summed E-state index contributed by atoms with van der Waals surface area (Å²) in [6.45, 7) is 13.5. The minimum atomic E-state index is -1.81. The number of halogens is 1. The molecule has 0 saturated carbocycles. The maximum absolute atomic E-state index is 11.7. The molecule has 1 aliphatic heterocycles. The van der Waals surface area contributed by atoms with Gasteiger partial charge in [-0.3, -0.25) is 0 Å². The SMILES string of the molecule is CC1=C[C@H]2OC(=O)C=C(CI)[C@H]2C[C@H]1O[Si](C)(C)C(C)(C)C. The molecule has 0 N–H and O–H groups in total. The predicted octanol–water partition coefficient (Wildman–Crippen LogP) is 4.63. The van der Waals surface area contributed by atoms with Crippen LogP contribution < -0.4 is 0 Å². The fourth-order valence-electron chi connectivity index (χ4n) is 2.75. The fraction of sp³-hybridized carbons (Fsp3) is 0.706. The summed E-state index contributed by atoms with van der Waals surface area (Å²) in [5, 5.41) is 0.199. The van der Waals surface area contributed by atoms with Gasteiger partial charge in [0.15, 0.2) is 8.32 Å². The highest BCUT2D eigenvalue weighted by Crippen LogP contribution is 2.42. The summed E-state index contributed by atoms with van der Waals surface area (Å²) in [5.41, 5.74) is 2.39. The first kappa shape index (κ1) is 18.2. The van der Waals surface area contributed by atoms with E-state index in [9.17, 15) is 4.79 Å². The van der Waals surface area contributed by atoms with Crippen molar-refractivity contribution in [3.8, 4) is 0 Å². The van der Waals surface area contributed by atoms with Gasteiger partial charge in [0.1, 0.15) is 6.10 Å². The van der Waals surface area contributed by atoms with Crippen molar-refractivity contribution in [1.82, 2.24) is 0 Å². The first-order chi connectivity index (χ1) is 10.0. The summed E-state index contributed by atoms with van der Waals surface area (Å²) in [6.07, 6.45) is 4.72. The minimum absolute atomic E-state index is 0.110. The van der Waals surface area contributed by atoms with Gasteiger partial charge in [0.05, 0.1) is 6.10 Å². The van der Waals surface area contributed by atoms with Crippen molar-refractivity contribution in [1.29, 1.82) is 0 Å². The molecule has 5 heteroatoms. The lowest BCUT2D eigenvalue weighted by molar-refractivity contribution is -0.145. The Hall–Kier alpha value is -0.143. The molecule has 0 bridgehead atoms. The molecule has 124 valence electrons. The molecule has 0 aromatic carbocycles. The number of carbonyl (C=O) groups is 1. The smallest absolute Gasteiger partial charge is 0.331 e. The standard InChI is InChI=1S/C17H27IO3Si/c1-11-7-15-13(12(10-18)8-16(19)20-15)9-14(11)21-22(5,6)17(2,3)4/h7-8,13-15H,9-10H2,1-6H3/t13-,14-,15-/m1/s1. The lowest BCUT2D eigenvalue weighted by Gasteiger charge is -2.43. The van der Waals surface area contributed by atoms with Crippen LogP contribution in [0.4, 0.5) is 0 Å². The maximum atomic E-state index is 11.7. The zero-order valence-corrected chi connectivity index (χ0v) is 17.6. The highest BCUT2D eigenvalue weighted by atomic mass is 127. The van der Waals surface area contributed by atoms with Gasteiger partial charge in [-0.25, -0.2) is 4.79 Å². The second kappa shape index (κ2) is 6.40. The summed E-state index contributed by atoms with van der Waals surface area (Å²) in [4.78, 5) is 11.7. The van der Waals surface area contributed by atoms with Crippen LogP contribution >= 0.6 is 22.6 Å². The largest absolute Gasteiger partial charge is 0.454 e. The highest BCUT2D eigenvalue weighted by molar-refractivity contribution is 14.1. The molecular formula is C17H27IO3Si. The molecule has 1 aliphatic carbocycles. The maximum Gasteiger partial charge on any atom is 0.331 e.